The predicted octanol–water partition coefficient (Wildman–Crippen LogP) is 2.17. The third-order valence-corrected chi connectivity index (χ3v) is 2.44. The van der Waals surface area contributed by atoms with Crippen molar-refractivity contribution in [2.24, 2.45) is 5.73 Å². The third-order valence-electron chi connectivity index (χ3n) is 2.19. The van der Waals surface area contributed by atoms with Gasteiger partial charge in [-0.1, -0.05) is 23.7 Å². The second-order valence-corrected chi connectivity index (χ2v) is 3.90. The zero-order valence-electron chi connectivity index (χ0n) is 9.14. The van der Waals surface area contributed by atoms with Gasteiger partial charge >= 0.3 is 0 Å². The van der Waals surface area contributed by atoms with Crippen molar-refractivity contribution in [2.45, 2.75) is 13.2 Å². The van der Waals surface area contributed by atoms with E-state index in [1.165, 1.54) is 0 Å². The Kier molecular flexibility index (Phi) is 3.90. The highest BCUT2D eigenvalue weighted by Crippen LogP contribution is 2.12. The second kappa shape index (κ2) is 5.61. The molecule has 1 aromatic carbocycles. The molecule has 0 bridgehead atoms. The van der Waals surface area contributed by atoms with Crippen LogP contribution in [0, 0.1) is 0 Å². The van der Waals surface area contributed by atoms with Gasteiger partial charge in [0.15, 0.2) is 0 Å². The number of rotatable bonds is 4. The van der Waals surface area contributed by atoms with Crippen LogP contribution in [-0.4, -0.2) is 9.97 Å². The van der Waals surface area contributed by atoms with Crippen molar-refractivity contribution in [1.29, 1.82) is 0 Å². The minimum Gasteiger partial charge on any atom is -0.472 e. The molecule has 0 aliphatic rings. The smallest absolute Gasteiger partial charge is 0.232 e. The van der Waals surface area contributed by atoms with E-state index in [1.54, 1.807) is 12.4 Å². The van der Waals surface area contributed by atoms with Crippen LogP contribution in [0.3, 0.4) is 0 Å². The van der Waals surface area contributed by atoms with Crippen LogP contribution < -0.4 is 10.5 Å². The highest BCUT2D eigenvalue weighted by Gasteiger charge is 1.98. The van der Waals surface area contributed by atoms with Crippen LogP contribution in [0.15, 0.2) is 36.7 Å². The first-order chi connectivity index (χ1) is 8.28. The molecule has 0 saturated heterocycles. The predicted molar refractivity (Wildman–Crippen MR) is 65.7 cm³/mol. The van der Waals surface area contributed by atoms with Gasteiger partial charge in [-0.2, -0.15) is 0 Å². The first-order valence-electron chi connectivity index (χ1n) is 5.16. The van der Waals surface area contributed by atoms with Crippen LogP contribution in [0.2, 0.25) is 5.02 Å². The van der Waals surface area contributed by atoms with Gasteiger partial charge < -0.3 is 10.5 Å². The number of benzene rings is 1. The van der Waals surface area contributed by atoms with Gasteiger partial charge in [0, 0.05) is 11.6 Å². The Morgan fingerprint density at radius 3 is 2.47 bits per heavy atom. The summed E-state index contributed by atoms with van der Waals surface area (Å²) in [4.78, 5) is 8.18. The van der Waals surface area contributed by atoms with Gasteiger partial charge in [0.1, 0.15) is 6.61 Å². The Bertz CT molecular complexity index is 470. The molecule has 1 aromatic heterocycles. The fraction of sp³-hybridized carbons (Fsp3) is 0.167. The SMILES string of the molecule is NCc1cnc(OCc2ccc(Cl)cc2)cn1. The largest absolute Gasteiger partial charge is 0.472 e. The molecule has 2 rings (SSSR count). The average Bonchev–Trinajstić information content (AvgIpc) is 2.39. The maximum Gasteiger partial charge on any atom is 0.232 e. The van der Waals surface area contributed by atoms with E-state index in [-0.39, 0.29) is 0 Å². The normalized spacial score (nSPS) is 10.2. The summed E-state index contributed by atoms with van der Waals surface area (Å²) >= 11 is 5.79. The zero-order valence-corrected chi connectivity index (χ0v) is 9.89. The third kappa shape index (κ3) is 3.41. The summed E-state index contributed by atoms with van der Waals surface area (Å²) in [5, 5.41) is 0.709. The first kappa shape index (κ1) is 11.8. The average molecular weight is 250 g/mol. The number of hydrogen-bond acceptors (Lipinski definition) is 4. The molecule has 0 fully saturated rings. The van der Waals surface area contributed by atoms with E-state index in [4.69, 9.17) is 22.1 Å². The van der Waals surface area contributed by atoms with E-state index in [0.29, 0.717) is 24.1 Å². The molecule has 1 heterocycles. The Morgan fingerprint density at radius 2 is 1.88 bits per heavy atom. The Labute approximate surface area is 104 Å². The minimum atomic E-state index is 0.379. The van der Waals surface area contributed by atoms with E-state index >= 15 is 0 Å². The van der Waals surface area contributed by atoms with Gasteiger partial charge in [-0.05, 0) is 17.7 Å². The van der Waals surface area contributed by atoms with Crippen LogP contribution in [0.5, 0.6) is 5.88 Å². The number of ether oxygens (including phenoxy) is 1. The van der Waals surface area contributed by atoms with Crippen LogP contribution in [0.25, 0.3) is 0 Å². The second-order valence-electron chi connectivity index (χ2n) is 3.47. The van der Waals surface area contributed by atoms with E-state index in [0.717, 1.165) is 11.3 Å². The number of nitrogens with two attached hydrogens (primary N) is 1. The van der Waals surface area contributed by atoms with Crippen LogP contribution >= 0.6 is 11.6 Å². The lowest BCUT2D eigenvalue weighted by molar-refractivity contribution is 0.292. The Hall–Kier alpha value is -1.65. The minimum absolute atomic E-state index is 0.379. The molecular weight excluding hydrogens is 238 g/mol. The lowest BCUT2D eigenvalue weighted by atomic mass is 10.2. The fourth-order valence-corrected chi connectivity index (χ4v) is 1.39. The Morgan fingerprint density at radius 1 is 1.12 bits per heavy atom. The highest BCUT2D eigenvalue weighted by molar-refractivity contribution is 6.30. The summed E-state index contributed by atoms with van der Waals surface area (Å²) in [7, 11) is 0. The first-order valence-corrected chi connectivity index (χ1v) is 5.54. The summed E-state index contributed by atoms with van der Waals surface area (Å²) in [6, 6.07) is 7.46. The summed E-state index contributed by atoms with van der Waals surface area (Å²) in [6.45, 7) is 0.818. The van der Waals surface area contributed by atoms with Crippen LogP contribution in [0.1, 0.15) is 11.3 Å². The van der Waals surface area contributed by atoms with Crippen LogP contribution in [-0.2, 0) is 13.2 Å². The standard InChI is InChI=1S/C12H12ClN3O/c13-10-3-1-9(2-4-10)8-17-12-7-15-11(5-14)6-16-12/h1-4,6-7H,5,8,14H2. The summed E-state index contributed by atoms with van der Waals surface area (Å²) in [5.74, 6) is 0.483. The number of nitrogens with zero attached hydrogens (tertiary/aromatic N) is 2. The Balaban J connectivity index is 1.95. The van der Waals surface area contributed by atoms with Crippen molar-refractivity contribution in [3.63, 3.8) is 0 Å². The molecule has 0 amide bonds. The number of hydrogen-bond donors (Lipinski definition) is 1. The maximum absolute atomic E-state index is 5.79. The summed E-state index contributed by atoms with van der Waals surface area (Å²) in [5.41, 5.74) is 7.19. The van der Waals surface area contributed by atoms with Crippen molar-refractivity contribution in [3.8, 4) is 5.88 Å². The van der Waals surface area contributed by atoms with Crippen LogP contribution in [0.4, 0.5) is 0 Å². The fourth-order valence-electron chi connectivity index (χ4n) is 1.26. The summed E-state index contributed by atoms with van der Waals surface area (Å²) < 4.78 is 5.47. The topological polar surface area (TPSA) is 61.0 Å². The molecule has 5 heteroatoms. The van der Waals surface area contributed by atoms with Crippen molar-refractivity contribution in [3.05, 3.63) is 52.9 Å². The van der Waals surface area contributed by atoms with Gasteiger partial charge in [0.2, 0.25) is 5.88 Å². The molecule has 0 atom stereocenters. The molecule has 0 radical (unpaired) electrons. The molecule has 0 saturated carbocycles. The molecule has 0 aliphatic carbocycles. The lowest BCUT2D eigenvalue weighted by Crippen LogP contribution is -2.02. The van der Waals surface area contributed by atoms with Crippen molar-refractivity contribution >= 4 is 11.6 Å². The summed E-state index contributed by atoms with van der Waals surface area (Å²) in [6.07, 6.45) is 3.18. The van der Waals surface area contributed by atoms with Gasteiger partial charge in [-0.25, -0.2) is 4.98 Å². The molecule has 4 nitrogen and oxygen atoms in total. The van der Waals surface area contributed by atoms with E-state index in [2.05, 4.69) is 9.97 Å². The monoisotopic (exact) mass is 249 g/mol. The van der Waals surface area contributed by atoms with Gasteiger partial charge in [0.25, 0.3) is 0 Å². The number of halogens is 1. The van der Waals surface area contributed by atoms with E-state index in [9.17, 15) is 0 Å². The molecule has 88 valence electrons. The maximum atomic E-state index is 5.79. The molecule has 2 aromatic rings. The van der Waals surface area contributed by atoms with Gasteiger partial charge in [0.05, 0.1) is 18.1 Å². The molecule has 0 spiro atoms. The molecule has 2 N–H and O–H groups in total. The van der Waals surface area contributed by atoms with E-state index in [1.807, 2.05) is 24.3 Å². The molecular formula is C12H12ClN3O. The zero-order chi connectivity index (χ0) is 12.1. The quantitative estimate of drug-likeness (QED) is 0.902. The highest BCUT2D eigenvalue weighted by atomic mass is 35.5. The van der Waals surface area contributed by atoms with E-state index < -0.39 is 0 Å². The molecule has 17 heavy (non-hydrogen) atoms. The van der Waals surface area contributed by atoms with Gasteiger partial charge in [-0.3, -0.25) is 4.98 Å². The van der Waals surface area contributed by atoms with Crippen molar-refractivity contribution in [2.75, 3.05) is 0 Å². The molecule has 0 aliphatic heterocycles. The molecule has 0 unspecified atom stereocenters. The lowest BCUT2D eigenvalue weighted by Gasteiger charge is -2.05. The van der Waals surface area contributed by atoms with Crippen molar-refractivity contribution < 1.29 is 4.74 Å². The van der Waals surface area contributed by atoms with Crippen molar-refractivity contribution in [1.82, 2.24) is 9.97 Å². The van der Waals surface area contributed by atoms with Gasteiger partial charge in [-0.15, -0.1) is 0 Å². The number of aromatic nitrogens is 2.